The first-order valence-electron chi connectivity index (χ1n) is 6.54. The average Bonchev–Trinajstić information content (AvgIpc) is 2.85. The molecule has 0 saturated carbocycles. The number of ether oxygens (including phenoxy) is 1. The van der Waals surface area contributed by atoms with Gasteiger partial charge in [0.15, 0.2) is 0 Å². The zero-order valence-corrected chi connectivity index (χ0v) is 11.2. The highest BCUT2D eigenvalue weighted by molar-refractivity contribution is 5.55. The molecule has 1 saturated heterocycles. The van der Waals surface area contributed by atoms with Crippen LogP contribution in [0.1, 0.15) is 20.3 Å². The van der Waals surface area contributed by atoms with Crippen molar-refractivity contribution in [3.63, 3.8) is 0 Å². The molecule has 0 spiro atoms. The number of nitrogens with one attached hydrogen (secondary N) is 1. The molecule has 2 rings (SSSR count). The van der Waals surface area contributed by atoms with Gasteiger partial charge in [0.25, 0.3) is 0 Å². The van der Waals surface area contributed by atoms with Crippen LogP contribution in [0.3, 0.4) is 0 Å². The predicted octanol–water partition coefficient (Wildman–Crippen LogP) is 2.46. The molecule has 2 unspecified atom stereocenters. The summed E-state index contributed by atoms with van der Waals surface area (Å²) in [4.78, 5) is 14.5. The summed E-state index contributed by atoms with van der Waals surface area (Å²) in [6, 6.07) is 3.03. The smallest absolute Gasteiger partial charge is 0.311 e. The fraction of sp³-hybridized carbons (Fsp3) is 0.615. The number of pyridine rings is 1. The zero-order chi connectivity index (χ0) is 13.8. The lowest BCUT2D eigenvalue weighted by molar-refractivity contribution is -0.384. The fourth-order valence-corrected chi connectivity index (χ4v) is 2.52. The van der Waals surface area contributed by atoms with Crippen molar-refractivity contribution in [1.82, 2.24) is 4.98 Å². The minimum Gasteiger partial charge on any atom is -0.378 e. The molecule has 104 valence electrons. The van der Waals surface area contributed by atoms with Gasteiger partial charge in [-0.05, 0) is 18.4 Å². The van der Waals surface area contributed by atoms with Gasteiger partial charge in [0.1, 0.15) is 0 Å². The van der Waals surface area contributed by atoms with Gasteiger partial charge in [-0.3, -0.25) is 10.1 Å². The third kappa shape index (κ3) is 3.20. The molecule has 1 N–H and O–H groups in total. The number of aromatic nitrogens is 1. The molecular formula is C13H19N3O3. The van der Waals surface area contributed by atoms with E-state index >= 15 is 0 Å². The Morgan fingerprint density at radius 1 is 1.63 bits per heavy atom. The van der Waals surface area contributed by atoms with E-state index in [2.05, 4.69) is 24.1 Å². The molecule has 0 bridgehead atoms. The highest BCUT2D eigenvalue weighted by Gasteiger charge is 2.30. The molecule has 0 aromatic carbocycles. The Morgan fingerprint density at radius 2 is 2.42 bits per heavy atom. The summed E-state index contributed by atoms with van der Waals surface area (Å²) in [7, 11) is 0. The van der Waals surface area contributed by atoms with E-state index in [0.29, 0.717) is 24.2 Å². The molecule has 6 heteroatoms. The van der Waals surface area contributed by atoms with Crippen LogP contribution in [0.2, 0.25) is 0 Å². The second-order valence-corrected chi connectivity index (χ2v) is 5.14. The number of hydrogen-bond donors (Lipinski definition) is 1. The molecule has 0 radical (unpaired) electrons. The Balaban J connectivity index is 2.01. The number of rotatable bonds is 5. The number of nitro groups is 1. The Bertz CT molecular complexity index is 451. The molecule has 0 aliphatic carbocycles. The largest absolute Gasteiger partial charge is 0.378 e. The van der Waals surface area contributed by atoms with Crippen molar-refractivity contribution in [2.75, 3.05) is 18.5 Å². The van der Waals surface area contributed by atoms with Gasteiger partial charge in [0.05, 0.1) is 11.0 Å². The van der Waals surface area contributed by atoms with E-state index in [0.717, 1.165) is 13.0 Å². The summed E-state index contributed by atoms with van der Waals surface area (Å²) in [5.41, 5.74) is 0.0162. The molecule has 0 amide bonds. The first kappa shape index (κ1) is 13.7. The summed E-state index contributed by atoms with van der Waals surface area (Å²) in [5.74, 6) is 1.16. The molecule has 2 atom stereocenters. The van der Waals surface area contributed by atoms with Crippen molar-refractivity contribution in [1.29, 1.82) is 0 Å². The van der Waals surface area contributed by atoms with Gasteiger partial charge >= 0.3 is 5.69 Å². The Morgan fingerprint density at radius 3 is 3.11 bits per heavy atom. The van der Waals surface area contributed by atoms with Crippen LogP contribution in [0.5, 0.6) is 0 Å². The van der Waals surface area contributed by atoms with E-state index < -0.39 is 4.92 Å². The maximum absolute atomic E-state index is 10.9. The van der Waals surface area contributed by atoms with Crippen LogP contribution >= 0.6 is 0 Å². The second kappa shape index (κ2) is 5.97. The van der Waals surface area contributed by atoms with Gasteiger partial charge in [-0.15, -0.1) is 0 Å². The lowest BCUT2D eigenvalue weighted by Gasteiger charge is -2.22. The third-order valence-electron chi connectivity index (χ3n) is 3.44. The van der Waals surface area contributed by atoms with Gasteiger partial charge in [-0.2, -0.15) is 0 Å². The maximum atomic E-state index is 10.9. The summed E-state index contributed by atoms with van der Waals surface area (Å²) in [6.07, 6.45) is 2.76. The van der Waals surface area contributed by atoms with Crippen molar-refractivity contribution in [2.24, 2.45) is 11.8 Å². The van der Waals surface area contributed by atoms with E-state index in [1.54, 1.807) is 12.3 Å². The van der Waals surface area contributed by atoms with E-state index in [-0.39, 0.29) is 11.8 Å². The third-order valence-corrected chi connectivity index (χ3v) is 3.44. The molecule has 6 nitrogen and oxygen atoms in total. The maximum Gasteiger partial charge on any atom is 0.311 e. The first-order valence-corrected chi connectivity index (χ1v) is 6.54. The minimum absolute atomic E-state index is 0.0162. The number of anilines is 1. The van der Waals surface area contributed by atoms with Gasteiger partial charge in [0, 0.05) is 31.3 Å². The highest BCUT2D eigenvalue weighted by Crippen LogP contribution is 2.28. The number of nitrogens with zero attached hydrogens (tertiary/aromatic N) is 2. The van der Waals surface area contributed by atoms with Gasteiger partial charge < -0.3 is 10.1 Å². The summed E-state index contributed by atoms with van der Waals surface area (Å²) >= 11 is 0. The van der Waals surface area contributed by atoms with E-state index in [9.17, 15) is 10.1 Å². The highest BCUT2D eigenvalue weighted by atomic mass is 16.6. The lowest BCUT2D eigenvalue weighted by Crippen LogP contribution is -2.28. The fourth-order valence-electron chi connectivity index (χ4n) is 2.52. The van der Waals surface area contributed by atoms with Gasteiger partial charge in [-0.1, -0.05) is 13.8 Å². The molecule has 1 fully saturated rings. The van der Waals surface area contributed by atoms with Crippen LogP contribution in [0, 0.1) is 22.0 Å². The van der Waals surface area contributed by atoms with Crippen molar-refractivity contribution in [2.45, 2.75) is 26.4 Å². The first-order chi connectivity index (χ1) is 9.09. The monoisotopic (exact) mass is 265 g/mol. The van der Waals surface area contributed by atoms with Crippen LogP contribution in [-0.2, 0) is 4.74 Å². The second-order valence-electron chi connectivity index (χ2n) is 5.14. The van der Waals surface area contributed by atoms with Crippen LogP contribution < -0.4 is 5.32 Å². The predicted molar refractivity (Wildman–Crippen MR) is 72.1 cm³/mol. The summed E-state index contributed by atoms with van der Waals surface area (Å²) in [5, 5.41) is 14.0. The van der Waals surface area contributed by atoms with Crippen LogP contribution in [0.4, 0.5) is 11.5 Å². The standard InChI is InChI=1S/C13H19N3O3/c1-9(2)12-10(5-7-19-12)8-15-13-11(16(17)18)4-3-6-14-13/h3-4,6,9-10,12H,5,7-8H2,1-2H3,(H,14,15). The molecule has 1 aromatic rings. The van der Waals surface area contributed by atoms with Gasteiger partial charge in [0.2, 0.25) is 5.82 Å². The van der Waals surface area contributed by atoms with E-state index in [1.807, 2.05) is 0 Å². The Labute approximate surface area is 112 Å². The molecule has 1 aromatic heterocycles. The Kier molecular flexibility index (Phi) is 4.31. The molecule has 1 aliphatic rings. The SMILES string of the molecule is CC(C)C1OCCC1CNc1ncccc1[N+](=O)[O-]. The Hall–Kier alpha value is -1.69. The van der Waals surface area contributed by atoms with Crippen LogP contribution in [0.25, 0.3) is 0 Å². The van der Waals surface area contributed by atoms with Crippen molar-refractivity contribution >= 4 is 11.5 Å². The molecule has 2 heterocycles. The molecular weight excluding hydrogens is 246 g/mol. The topological polar surface area (TPSA) is 77.3 Å². The normalized spacial score (nSPS) is 22.7. The van der Waals surface area contributed by atoms with Crippen LogP contribution in [-0.4, -0.2) is 29.2 Å². The van der Waals surface area contributed by atoms with Crippen molar-refractivity contribution < 1.29 is 9.66 Å². The summed E-state index contributed by atoms with van der Waals surface area (Å²) in [6.45, 7) is 5.68. The van der Waals surface area contributed by atoms with Crippen molar-refractivity contribution in [3.8, 4) is 0 Å². The zero-order valence-electron chi connectivity index (χ0n) is 11.2. The molecule has 19 heavy (non-hydrogen) atoms. The van der Waals surface area contributed by atoms with Crippen molar-refractivity contribution in [3.05, 3.63) is 28.4 Å². The van der Waals surface area contributed by atoms with Gasteiger partial charge in [-0.25, -0.2) is 4.98 Å². The average molecular weight is 265 g/mol. The van der Waals surface area contributed by atoms with E-state index in [4.69, 9.17) is 4.74 Å². The minimum atomic E-state index is -0.416. The summed E-state index contributed by atoms with van der Waals surface area (Å²) < 4.78 is 5.70. The molecule has 1 aliphatic heterocycles. The van der Waals surface area contributed by atoms with E-state index in [1.165, 1.54) is 6.07 Å². The number of hydrogen-bond acceptors (Lipinski definition) is 5. The quantitative estimate of drug-likeness (QED) is 0.653. The van der Waals surface area contributed by atoms with Crippen LogP contribution in [0.15, 0.2) is 18.3 Å². The lowest BCUT2D eigenvalue weighted by atomic mass is 9.93.